The van der Waals surface area contributed by atoms with E-state index in [0.717, 1.165) is 5.75 Å². The van der Waals surface area contributed by atoms with Crippen molar-refractivity contribution < 1.29 is 18.6 Å². The van der Waals surface area contributed by atoms with Crippen molar-refractivity contribution in [2.24, 2.45) is 0 Å². The molecule has 0 spiro atoms. The lowest BCUT2D eigenvalue weighted by molar-refractivity contribution is 0.173. The molecule has 0 unspecified atom stereocenters. The number of hydrogen-bond donors (Lipinski definition) is 0. The monoisotopic (exact) mass is 282 g/mol. The standard InChI is InChI=1S/C12H11ClN2O4/c13-4-3-11-14-15-12(19-11)6-16-8-1-2-9-10(5-8)18-7-17-9/h1-2,5H,3-4,6-7H2. The van der Waals surface area contributed by atoms with Gasteiger partial charge in [0.1, 0.15) is 5.75 Å². The molecule has 6 nitrogen and oxygen atoms in total. The second-order valence-corrected chi connectivity index (χ2v) is 4.21. The Morgan fingerprint density at radius 3 is 2.89 bits per heavy atom. The van der Waals surface area contributed by atoms with Crippen LogP contribution in [0.15, 0.2) is 22.6 Å². The van der Waals surface area contributed by atoms with E-state index < -0.39 is 0 Å². The lowest BCUT2D eigenvalue weighted by Crippen LogP contribution is -1.95. The molecule has 1 aliphatic rings. The van der Waals surface area contributed by atoms with Gasteiger partial charge in [-0.2, -0.15) is 0 Å². The fraction of sp³-hybridized carbons (Fsp3) is 0.333. The van der Waals surface area contributed by atoms with Crippen LogP contribution >= 0.6 is 11.6 Å². The van der Waals surface area contributed by atoms with Crippen molar-refractivity contribution in [2.45, 2.75) is 13.0 Å². The molecule has 7 heteroatoms. The number of rotatable bonds is 5. The number of aryl methyl sites for hydroxylation is 1. The van der Waals surface area contributed by atoms with Gasteiger partial charge in [0.05, 0.1) is 0 Å². The van der Waals surface area contributed by atoms with Crippen LogP contribution in [-0.4, -0.2) is 22.9 Å². The molecule has 0 N–H and O–H groups in total. The Balaban J connectivity index is 1.62. The highest BCUT2D eigenvalue weighted by Gasteiger charge is 2.14. The van der Waals surface area contributed by atoms with Crippen LogP contribution in [0.4, 0.5) is 0 Å². The SMILES string of the molecule is ClCCc1nnc(COc2ccc3c(c2)OCO3)o1. The third kappa shape index (κ3) is 2.73. The summed E-state index contributed by atoms with van der Waals surface area (Å²) in [6, 6.07) is 5.35. The second-order valence-electron chi connectivity index (χ2n) is 3.83. The third-order valence-electron chi connectivity index (χ3n) is 2.52. The molecule has 0 fully saturated rings. The summed E-state index contributed by atoms with van der Waals surface area (Å²) in [5.74, 6) is 3.42. The van der Waals surface area contributed by atoms with E-state index in [1.54, 1.807) is 18.2 Å². The van der Waals surface area contributed by atoms with Gasteiger partial charge in [-0.15, -0.1) is 21.8 Å². The maximum Gasteiger partial charge on any atom is 0.253 e. The molecule has 2 aromatic rings. The average molecular weight is 283 g/mol. The molecule has 0 radical (unpaired) electrons. The van der Waals surface area contributed by atoms with Crippen molar-refractivity contribution in [2.75, 3.05) is 12.7 Å². The van der Waals surface area contributed by atoms with Crippen LogP contribution in [0, 0.1) is 0 Å². The van der Waals surface area contributed by atoms with Gasteiger partial charge in [-0.3, -0.25) is 0 Å². The lowest BCUT2D eigenvalue weighted by Gasteiger charge is -2.03. The first-order valence-corrected chi connectivity index (χ1v) is 6.28. The zero-order valence-electron chi connectivity index (χ0n) is 9.97. The van der Waals surface area contributed by atoms with Crippen molar-refractivity contribution >= 4 is 11.6 Å². The van der Waals surface area contributed by atoms with E-state index in [0.29, 0.717) is 35.6 Å². The van der Waals surface area contributed by atoms with Gasteiger partial charge in [-0.1, -0.05) is 0 Å². The molecule has 0 saturated carbocycles. The first-order chi connectivity index (χ1) is 9.35. The Bertz CT molecular complexity index is 573. The molecule has 100 valence electrons. The van der Waals surface area contributed by atoms with Crippen molar-refractivity contribution in [1.29, 1.82) is 0 Å². The number of halogens is 1. The molecule has 0 amide bonds. The topological polar surface area (TPSA) is 66.6 Å². The van der Waals surface area contributed by atoms with Gasteiger partial charge in [-0.25, -0.2) is 0 Å². The Labute approximate surface area is 114 Å². The van der Waals surface area contributed by atoms with E-state index in [1.807, 2.05) is 0 Å². The summed E-state index contributed by atoms with van der Waals surface area (Å²) >= 11 is 5.59. The summed E-state index contributed by atoms with van der Waals surface area (Å²) in [6.07, 6.45) is 0.554. The van der Waals surface area contributed by atoms with E-state index in [-0.39, 0.29) is 13.4 Å². The molecule has 2 heterocycles. The van der Waals surface area contributed by atoms with Crippen LogP contribution < -0.4 is 14.2 Å². The van der Waals surface area contributed by atoms with Crippen molar-refractivity contribution in [3.63, 3.8) is 0 Å². The molecule has 0 aliphatic carbocycles. The maximum absolute atomic E-state index is 5.59. The number of aromatic nitrogens is 2. The summed E-state index contributed by atoms with van der Waals surface area (Å²) < 4.78 is 21.4. The van der Waals surface area contributed by atoms with E-state index in [2.05, 4.69) is 10.2 Å². The van der Waals surface area contributed by atoms with E-state index >= 15 is 0 Å². The molecule has 19 heavy (non-hydrogen) atoms. The molecule has 1 aliphatic heterocycles. The Morgan fingerprint density at radius 2 is 2.00 bits per heavy atom. The van der Waals surface area contributed by atoms with Gasteiger partial charge in [0.25, 0.3) is 5.89 Å². The number of benzene rings is 1. The zero-order chi connectivity index (χ0) is 13.1. The first-order valence-electron chi connectivity index (χ1n) is 5.75. The van der Waals surface area contributed by atoms with E-state index in [9.17, 15) is 0 Å². The summed E-state index contributed by atoms with van der Waals surface area (Å²) in [5, 5.41) is 7.72. The number of hydrogen-bond acceptors (Lipinski definition) is 6. The van der Waals surface area contributed by atoms with Crippen molar-refractivity contribution in [3.05, 3.63) is 30.0 Å². The molecular formula is C12H11ClN2O4. The van der Waals surface area contributed by atoms with Gasteiger partial charge in [-0.05, 0) is 12.1 Å². The Hall–Kier alpha value is -1.95. The molecule has 0 atom stereocenters. The Kier molecular flexibility index (Phi) is 3.41. The fourth-order valence-electron chi connectivity index (χ4n) is 1.64. The van der Waals surface area contributed by atoms with Crippen molar-refractivity contribution in [3.8, 4) is 17.2 Å². The highest BCUT2D eigenvalue weighted by molar-refractivity contribution is 6.17. The Morgan fingerprint density at radius 1 is 1.16 bits per heavy atom. The molecule has 0 saturated heterocycles. The lowest BCUT2D eigenvalue weighted by atomic mass is 10.3. The molecule has 1 aromatic carbocycles. The maximum atomic E-state index is 5.59. The number of alkyl halides is 1. The van der Waals surface area contributed by atoms with Crippen LogP contribution in [0.1, 0.15) is 11.8 Å². The molecule has 0 bridgehead atoms. The first kappa shape index (κ1) is 12.1. The van der Waals surface area contributed by atoms with Crippen LogP contribution in [0.5, 0.6) is 17.2 Å². The highest BCUT2D eigenvalue weighted by atomic mass is 35.5. The molecule has 1 aromatic heterocycles. The predicted molar refractivity (Wildman–Crippen MR) is 65.6 cm³/mol. The zero-order valence-corrected chi connectivity index (χ0v) is 10.7. The van der Waals surface area contributed by atoms with Crippen LogP contribution in [-0.2, 0) is 13.0 Å². The van der Waals surface area contributed by atoms with E-state index in [4.69, 9.17) is 30.2 Å². The van der Waals surface area contributed by atoms with Gasteiger partial charge in [0.15, 0.2) is 18.1 Å². The minimum Gasteiger partial charge on any atom is -0.484 e. The minimum absolute atomic E-state index is 0.203. The van der Waals surface area contributed by atoms with Crippen molar-refractivity contribution in [1.82, 2.24) is 10.2 Å². The summed E-state index contributed by atoms with van der Waals surface area (Å²) in [6.45, 7) is 0.444. The summed E-state index contributed by atoms with van der Waals surface area (Å²) in [5.41, 5.74) is 0. The van der Waals surface area contributed by atoms with Gasteiger partial charge in [0, 0.05) is 18.4 Å². The second kappa shape index (κ2) is 5.36. The number of fused-ring (bicyclic) bond motifs is 1. The smallest absolute Gasteiger partial charge is 0.253 e. The predicted octanol–water partition coefficient (Wildman–Crippen LogP) is 2.16. The van der Waals surface area contributed by atoms with Crippen LogP contribution in [0.3, 0.4) is 0 Å². The number of ether oxygens (including phenoxy) is 3. The van der Waals surface area contributed by atoms with E-state index in [1.165, 1.54) is 0 Å². The summed E-state index contributed by atoms with van der Waals surface area (Å²) in [7, 11) is 0. The van der Waals surface area contributed by atoms with Gasteiger partial charge < -0.3 is 18.6 Å². The van der Waals surface area contributed by atoms with Gasteiger partial charge in [0.2, 0.25) is 12.7 Å². The van der Waals surface area contributed by atoms with Crippen LogP contribution in [0.2, 0.25) is 0 Å². The van der Waals surface area contributed by atoms with Crippen LogP contribution in [0.25, 0.3) is 0 Å². The average Bonchev–Trinajstić information content (AvgIpc) is 3.04. The number of nitrogens with zero attached hydrogens (tertiary/aromatic N) is 2. The fourth-order valence-corrected chi connectivity index (χ4v) is 1.80. The molecule has 3 rings (SSSR count). The highest BCUT2D eigenvalue weighted by Crippen LogP contribution is 2.35. The largest absolute Gasteiger partial charge is 0.484 e. The quantitative estimate of drug-likeness (QED) is 0.783. The third-order valence-corrected chi connectivity index (χ3v) is 2.71. The minimum atomic E-state index is 0.203. The molecular weight excluding hydrogens is 272 g/mol. The van der Waals surface area contributed by atoms with Gasteiger partial charge >= 0.3 is 0 Å². The normalized spacial score (nSPS) is 12.7. The summed E-state index contributed by atoms with van der Waals surface area (Å²) in [4.78, 5) is 0.